The molecule has 4 nitrogen and oxygen atoms in total. The van der Waals surface area contributed by atoms with Crippen LogP contribution in [0.5, 0.6) is 11.5 Å². The van der Waals surface area contributed by atoms with Gasteiger partial charge in [0, 0.05) is 0 Å². The van der Waals surface area contributed by atoms with E-state index in [4.69, 9.17) is 14.4 Å². The van der Waals surface area contributed by atoms with Crippen molar-refractivity contribution in [1.82, 2.24) is 0 Å². The van der Waals surface area contributed by atoms with E-state index in [-0.39, 0.29) is 5.30 Å². The monoisotopic (exact) mass is 201 g/mol. The maximum atomic E-state index is 10.9. The molecule has 0 amide bonds. The lowest BCUT2D eigenvalue weighted by Crippen LogP contribution is -2.04. The average Bonchev–Trinajstić information content (AvgIpc) is 2.16. The van der Waals surface area contributed by atoms with E-state index in [0.717, 1.165) is 0 Å². The van der Waals surface area contributed by atoms with Gasteiger partial charge in [-0.15, -0.1) is 0 Å². The van der Waals surface area contributed by atoms with Gasteiger partial charge in [0.05, 0.1) is 14.2 Å². The summed E-state index contributed by atoms with van der Waals surface area (Å²) >= 11 is 0. The standard InChI is InChI=1S/C8H9O4P/c1-11-6-4-3-5-7(13(9)10)8(6)12-2/h3-5H,1-2H3/p+1. The van der Waals surface area contributed by atoms with Crippen molar-refractivity contribution in [2.45, 2.75) is 0 Å². The largest absolute Gasteiger partial charge is 0.550 e. The van der Waals surface area contributed by atoms with E-state index in [1.165, 1.54) is 20.3 Å². The summed E-state index contributed by atoms with van der Waals surface area (Å²) < 4.78 is 20.8. The van der Waals surface area contributed by atoms with E-state index in [9.17, 15) is 4.57 Å². The molecule has 0 heterocycles. The molecule has 0 fully saturated rings. The van der Waals surface area contributed by atoms with Crippen molar-refractivity contribution in [3.8, 4) is 11.5 Å². The van der Waals surface area contributed by atoms with Gasteiger partial charge in [0.1, 0.15) is 0 Å². The van der Waals surface area contributed by atoms with Gasteiger partial charge in [-0.1, -0.05) is 6.07 Å². The molecule has 1 aromatic carbocycles. The van der Waals surface area contributed by atoms with Gasteiger partial charge in [0.25, 0.3) is 5.30 Å². The lowest BCUT2D eigenvalue weighted by atomic mass is 10.3. The van der Waals surface area contributed by atoms with Gasteiger partial charge in [-0.25, -0.2) is 0 Å². The Morgan fingerprint density at radius 1 is 1.31 bits per heavy atom. The molecular weight excluding hydrogens is 191 g/mol. The Morgan fingerprint density at radius 2 is 2.00 bits per heavy atom. The molecule has 1 N–H and O–H groups in total. The zero-order valence-corrected chi connectivity index (χ0v) is 8.25. The van der Waals surface area contributed by atoms with E-state index in [1.54, 1.807) is 12.1 Å². The molecule has 5 heteroatoms. The number of hydrogen-bond acceptors (Lipinski definition) is 3. The Morgan fingerprint density at radius 3 is 2.46 bits per heavy atom. The first-order chi connectivity index (χ1) is 6.20. The smallest absolute Gasteiger partial charge is 0.493 e. The quantitative estimate of drug-likeness (QED) is 0.743. The predicted octanol–water partition coefficient (Wildman–Crippen LogP) is 1.06. The third-order valence-corrected chi connectivity index (χ3v) is 2.35. The van der Waals surface area contributed by atoms with Gasteiger partial charge in [-0.05, 0) is 16.7 Å². The molecule has 13 heavy (non-hydrogen) atoms. The minimum absolute atomic E-state index is 0.247. The Kier molecular flexibility index (Phi) is 3.23. The highest BCUT2D eigenvalue weighted by Crippen LogP contribution is 2.30. The molecule has 0 aliphatic heterocycles. The van der Waals surface area contributed by atoms with Gasteiger partial charge in [-0.3, -0.25) is 0 Å². The van der Waals surface area contributed by atoms with Gasteiger partial charge >= 0.3 is 8.03 Å². The fraction of sp³-hybridized carbons (Fsp3) is 0.250. The third kappa shape index (κ3) is 1.97. The maximum absolute atomic E-state index is 10.9. The van der Waals surface area contributed by atoms with Crippen molar-refractivity contribution in [1.29, 1.82) is 0 Å². The number of hydrogen-bond donors (Lipinski definition) is 1. The lowest BCUT2D eigenvalue weighted by molar-refractivity contribution is 0.356. The molecule has 0 aliphatic rings. The normalized spacial score (nSPS) is 10.8. The van der Waals surface area contributed by atoms with Crippen molar-refractivity contribution in [3.05, 3.63) is 18.2 Å². The summed E-state index contributed by atoms with van der Waals surface area (Å²) in [6.45, 7) is 0. The van der Waals surface area contributed by atoms with E-state index >= 15 is 0 Å². The van der Waals surface area contributed by atoms with Gasteiger partial charge in [0.2, 0.25) is 5.75 Å². The number of ether oxygens (including phenoxy) is 2. The topological polar surface area (TPSA) is 55.8 Å². The van der Waals surface area contributed by atoms with E-state index < -0.39 is 8.03 Å². The fourth-order valence-corrected chi connectivity index (χ4v) is 1.61. The summed E-state index contributed by atoms with van der Waals surface area (Å²) in [5, 5.41) is 0.247. The van der Waals surface area contributed by atoms with Crippen LogP contribution in [0.1, 0.15) is 0 Å². The highest BCUT2D eigenvalue weighted by atomic mass is 31.1. The lowest BCUT2D eigenvalue weighted by Gasteiger charge is -2.05. The maximum Gasteiger partial charge on any atom is 0.550 e. The Hall–Kier alpha value is -1.12. The van der Waals surface area contributed by atoms with Crippen molar-refractivity contribution < 1.29 is 18.9 Å². The second-order valence-corrected chi connectivity index (χ2v) is 3.31. The van der Waals surface area contributed by atoms with Crippen molar-refractivity contribution in [3.63, 3.8) is 0 Å². The number of para-hydroxylation sites is 1. The van der Waals surface area contributed by atoms with Crippen LogP contribution in [0, 0.1) is 0 Å². The minimum Gasteiger partial charge on any atom is -0.493 e. The summed E-state index contributed by atoms with van der Waals surface area (Å²) in [6, 6.07) is 4.83. The molecule has 1 unspecified atom stereocenters. The SMILES string of the molecule is COc1cccc([P+](=O)O)c1OC. The Balaban J connectivity index is 3.27. The Labute approximate surface area is 77.0 Å². The molecule has 0 aliphatic carbocycles. The summed E-state index contributed by atoms with van der Waals surface area (Å²) in [7, 11) is 0.510. The van der Waals surface area contributed by atoms with Crippen molar-refractivity contribution in [2.75, 3.05) is 14.2 Å². The third-order valence-electron chi connectivity index (χ3n) is 1.59. The average molecular weight is 201 g/mol. The molecule has 0 saturated carbocycles. The second-order valence-electron chi connectivity index (χ2n) is 2.29. The zero-order chi connectivity index (χ0) is 9.84. The molecule has 0 radical (unpaired) electrons. The van der Waals surface area contributed by atoms with Crippen molar-refractivity contribution in [2.24, 2.45) is 0 Å². The van der Waals surface area contributed by atoms with E-state index in [2.05, 4.69) is 0 Å². The van der Waals surface area contributed by atoms with Crippen molar-refractivity contribution >= 4 is 13.3 Å². The molecule has 0 saturated heterocycles. The van der Waals surface area contributed by atoms with E-state index in [0.29, 0.717) is 11.5 Å². The van der Waals surface area contributed by atoms with Crippen LogP contribution in [0.3, 0.4) is 0 Å². The van der Waals surface area contributed by atoms with E-state index in [1.807, 2.05) is 0 Å². The van der Waals surface area contributed by atoms with Gasteiger partial charge in [0.15, 0.2) is 5.75 Å². The molecule has 1 aromatic rings. The number of methoxy groups -OCH3 is 2. The van der Waals surface area contributed by atoms with Crippen LogP contribution in [0.15, 0.2) is 18.2 Å². The van der Waals surface area contributed by atoms with Gasteiger partial charge < -0.3 is 9.47 Å². The molecule has 70 valence electrons. The summed E-state index contributed by atoms with van der Waals surface area (Å²) in [4.78, 5) is 8.93. The molecule has 1 rings (SSSR count). The number of rotatable bonds is 3. The Bertz CT molecular complexity index is 324. The highest BCUT2D eigenvalue weighted by molar-refractivity contribution is 7.47. The van der Waals surface area contributed by atoms with Crippen LogP contribution in [0.25, 0.3) is 0 Å². The molecular formula is C8H10O4P+. The molecule has 0 bridgehead atoms. The highest BCUT2D eigenvalue weighted by Gasteiger charge is 2.25. The predicted molar refractivity (Wildman–Crippen MR) is 49.0 cm³/mol. The van der Waals surface area contributed by atoms with Crippen LogP contribution >= 0.6 is 8.03 Å². The van der Waals surface area contributed by atoms with Crippen LogP contribution in [0.2, 0.25) is 0 Å². The minimum atomic E-state index is -2.40. The van der Waals surface area contributed by atoms with Crippen LogP contribution in [0.4, 0.5) is 0 Å². The zero-order valence-electron chi connectivity index (χ0n) is 7.35. The van der Waals surface area contributed by atoms with Crippen LogP contribution < -0.4 is 14.8 Å². The first kappa shape index (κ1) is 9.96. The first-order valence-electron chi connectivity index (χ1n) is 3.57. The fourth-order valence-electron chi connectivity index (χ4n) is 1.02. The van der Waals surface area contributed by atoms with Gasteiger partial charge in [-0.2, -0.15) is 4.89 Å². The summed E-state index contributed by atoms with van der Waals surface area (Å²) in [6.07, 6.45) is 0. The van der Waals surface area contributed by atoms with Crippen LogP contribution in [-0.2, 0) is 4.57 Å². The second kappa shape index (κ2) is 4.21. The first-order valence-corrected chi connectivity index (χ1v) is 4.79. The van der Waals surface area contributed by atoms with Crippen LogP contribution in [-0.4, -0.2) is 19.1 Å². The molecule has 0 aromatic heterocycles. The summed E-state index contributed by atoms with van der Waals surface area (Å²) in [5.74, 6) is 0.769. The number of benzene rings is 1. The summed E-state index contributed by atoms with van der Waals surface area (Å²) in [5.41, 5.74) is 0. The molecule has 1 atom stereocenters. The molecule has 0 spiro atoms.